The monoisotopic (exact) mass is 221 g/mol. The Morgan fingerprint density at radius 1 is 1.33 bits per heavy atom. The summed E-state index contributed by atoms with van der Waals surface area (Å²) in [4.78, 5) is 22.7. The second-order valence-electron chi connectivity index (χ2n) is 3.12. The number of hydrogen-bond acceptors (Lipinski definition) is 4. The second kappa shape index (κ2) is 12.7. The van der Waals surface area contributed by atoms with Crippen molar-refractivity contribution in [1.29, 1.82) is 0 Å². The molecule has 6 heteroatoms. The van der Waals surface area contributed by atoms with E-state index >= 15 is 0 Å². The summed E-state index contributed by atoms with van der Waals surface area (Å²) in [6, 6.07) is 0. The van der Waals surface area contributed by atoms with E-state index in [4.69, 9.17) is 15.0 Å². The molecule has 0 saturated carbocycles. The Labute approximate surface area is 89.2 Å². The van der Waals surface area contributed by atoms with Gasteiger partial charge in [0.05, 0.1) is 0 Å². The zero-order valence-corrected chi connectivity index (χ0v) is 9.18. The van der Waals surface area contributed by atoms with Gasteiger partial charge in [0, 0.05) is 0 Å². The molecular weight excluding hydrogens is 202 g/mol. The highest BCUT2D eigenvalue weighted by Gasteiger charge is 2.00. The third-order valence-corrected chi connectivity index (χ3v) is 1.69. The molecule has 0 radical (unpaired) electrons. The first-order valence-electron chi connectivity index (χ1n) is 4.94. The van der Waals surface area contributed by atoms with Gasteiger partial charge >= 0.3 is 6.16 Å². The Kier molecular flexibility index (Phi) is 13.6. The van der Waals surface area contributed by atoms with Gasteiger partial charge in [-0.1, -0.05) is 26.2 Å². The molecule has 0 saturated heterocycles. The predicted octanol–water partition coefficient (Wildman–Crippen LogP) is 3.27. The van der Waals surface area contributed by atoms with E-state index in [0.29, 0.717) is 0 Å². The van der Waals surface area contributed by atoms with Crippen molar-refractivity contribution in [3.63, 3.8) is 0 Å². The Bertz CT molecular complexity index is 159. The molecule has 0 amide bonds. The highest BCUT2D eigenvalue weighted by Crippen LogP contribution is 2.07. The first kappa shape index (κ1) is 16.1. The van der Waals surface area contributed by atoms with Crippen molar-refractivity contribution in [2.75, 3.05) is 0 Å². The van der Waals surface area contributed by atoms with Gasteiger partial charge in [0.15, 0.2) is 5.34 Å². The summed E-state index contributed by atoms with van der Waals surface area (Å²) in [7, 11) is 0. The van der Waals surface area contributed by atoms with Gasteiger partial charge in [-0.3, -0.25) is 0 Å². The molecule has 0 aromatic carbocycles. The Hall–Kier alpha value is -1.33. The van der Waals surface area contributed by atoms with Crippen molar-refractivity contribution in [3.05, 3.63) is 4.91 Å². The fraction of sp³-hybridized carbons (Fsp3) is 0.889. The van der Waals surface area contributed by atoms with Gasteiger partial charge in [-0.25, -0.2) is 4.79 Å². The van der Waals surface area contributed by atoms with Crippen LogP contribution in [0.3, 0.4) is 0 Å². The number of hydrogen-bond donors (Lipinski definition) is 2. The van der Waals surface area contributed by atoms with E-state index in [0.717, 1.165) is 12.8 Å². The molecule has 0 aliphatic rings. The lowest BCUT2D eigenvalue weighted by Crippen LogP contribution is -2.02. The van der Waals surface area contributed by atoms with Crippen LogP contribution in [-0.4, -0.2) is 22.5 Å². The minimum Gasteiger partial charge on any atom is -0.450 e. The molecule has 0 spiro atoms. The molecule has 15 heavy (non-hydrogen) atoms. The minimum atomic E-state index is -1.83. The molecule has 0 aromatic rings. The highest BCUT2D eigenvalue weighted by molar-refractivity contribution is 5.53. The van der Waals surface area contributed by atoms with Gasteiger partial charge in [-0.15, -0.1) is 4.91 Å². The molecule has 0 aliphatic heterocycles. The van der Waals surface area contributed by atoms with Crippen LogP contribution in [0.1, 0.15) is 46.0 Å². The molecule has 90 valence electrons. The van der Waals surface area contributed by atoms with E-state index in [1.807, 2.05) is 6.92 Å². The minimum absolute atomic E-state index is 0.00986. The van der Waals surface area contributed by atoms with Crippen LogP contribution in [0.4, 0.5) is 4.79 Å². The largest absolute Gasteiger partial charge is 0.503 e. The summed E-state index contributed by atoms with van der Waals surface area (Å²) >= 11 is 0. The maximum atomic E-state index is 9.63. The molecule has 1 unspecified atom stereocenters. The smallest absolute Gasteiger partial charge is 0.450 e. The van der Waals surface area contributed by atoms with Gasteiger partial charge in [0.25, 0.3) is 0 Å². The van der Waals surface area contributed by atoms with Crippen molar-refractivity contribution in [2.45, 2.75) is 52.1 Å². The van der Waals surface area contributed by atoms with Crippen molar-refractivity contribution >= 4 is 6.16 Å². The van der Waals surface area contributed by atoms with Crippen LogP contribution in [-0.2, 0) is 4.84 Å². The predicted molar refractivity (Wildman–Crippen MR) is 55.8 cm³/mol. The van der Waals surface area contributed by atoms with Crippen LogP contribution in [0.5, 0.6) is 0 Å². The van der Waals surface area contributed by atoms with Crippen LogP contribution in [0.2, 0.25) is 0 Å². The molecule has 2 N–H and O–H groups in total. The molecule has 0 rings (SSSR count). The molecule has 0 bridgehead atoms. The lowest BCUT2D eigenvalue weighted by Gasteiger charge is -2.05. The van der Waals surface area contributed by atoms with E-state index in [9.17, 15) is 4.91 Å². The van der Waals surface area contributed by atoms with E-state index in [-0.39, 0.29) is 6.10 Å². The lowest BCUT2D eigenvalue weighted by atomic mass is 10.1. The second-order valence-corrected chi connectivity index (χ2v) is 3.12. The highest BCUT2D eigenvalue weighted by atomic mass is 16.7. The SMILES string of the molecule is CCCCCCC(C)ON=O.O=C(O)O. The molecule has 6 nitrogen and oxygen atoms in total. The van der Waals surface area contributed by atoms with E-state index in [1.165, 1.54) is 19.3 Å². The average Bonchev–Trinajstić information content (AvgIpc) is 2.12. The third-order valence-electron chi connectivity index (χ3n) is 1.69. The molecular formula is C9H19NO5. The fourth-order valence-corrected chi connectivity index (χ4v) is 0.985. The molecule has 1 atom stereocenters. The van der Waals surface area contributed by atoms with Crippen molar-refractivity contribution < 1.29 is 19.8 Å². The molecule has 0 heterocycles. The maximum absolute atomic E-state index is 9.63. The first-order chi connectivity index (χ1) is 7.04. The molecule has 0 aliphatic carbocycles. The average molecular weight is 221 g/mol. The third kappa shape index (κ3) is 24.5. The lowest BCUT2D eigenvalue weighted by molar-refractivity contribution is 0.0607. The standard InChI is InChI=1S/C8H17NO2.CH2O3/c1-3-4-5-6-7-8(2)11-9-10;2-1(3)4/h8H,3-7H2,1-2H3;(H2,2,3,4). The van der Waals surface area contributed by atoms with Gasteiger partial charge in [-0.05, 0) is 19.8 Å². The summed E-state index contributed by atoms with van der Waals surface area (Å²) < 4.78 is 0. The quantitative estimate of drug-likeness (QED) is 0.390. The number of unbranched alkanes of at least 4 members (excludes halogenated alkanes) is 3. The number of rotatable bonds is 7. The topological polar surface area (TPSA) is 96.2 Å². The van der Waals surface area contributed by atoms with Crippen LogP contribution in [0, 0.1) is 4.91 Å². The van der Waals surface area contributed by atoms with Crippen LogP contribution < -0.4 is 0 Å². The maximum Gasteiger partial charge on any atom is 0.503 e. The summed E-state index contributed by atoms with van der Waals surface area (Å²) in [6.07, 6.45) is 3.95. The summed E-state index contributed by atoms with van der Waals surface area (Å²) in [5.74, 6) is 0. The van der Waals surface area contributed by atoms with Crippen molar-refractivity contribution in [2.24, 2.45) is 5.34 Å². The summed E-state index contributed by atoms with van der Waals surface area (Å²) in [5.41, 5.74) is 0. The number of carbonyl (C=O) groups is 1. The Balaban J connectivity index is 0. The zero-order chi connectivity index (χ0) is 12.1. The van der Waals surface area contributed by atoms with E-state index in [1.54, 1.807) is 0 Å². The Morgan fingerprint density at radius 2 is 1.87 bits per heavy atom. The van der Waals surface area contributed by atoms with E-state index in [2.05, 4.69) is 17.1 Å². The summed E-state index contributed by atoms with van der Waals surface area (Å²) in [6.45, 7) is 4.04. The Morgan fingerprint density at radius 3 is 2.27 bits per heavy atom. The molecule has 0 aromatic heterocycles. The summed E-state index contributed by atoms with van der Waals surface area (Å²) in [5, 5.41) is 16.3. The zero-order valence-electron chi connectivity index (χ0n) is 9.18. The van der Waals surface area contributed by atoms with Gasteiger partial charge in [0.1, 0.15) is 6.10 Å². The number of nitrogens with zero attached hydrogens (tertiary/aromatic N) is 1. The van der Waals surface area contributed by atoms with Crippen molar-refractivity contribution in [1.82, 2.24) is 0 Å². The first-order valence-corrected chi connectivity index (χ1v) is 4.94. The fourth-order valence-electron chi connectivity index (χ4n) is 0.985. The van der Waals surface area contributed by atoms with Gasteiger partial charge in [-0.2, -0.15) is 0 Å². The van der Waals surface area contributed by atoms with Crippen molar-refractivity contribution in [3.8, 4) is 0 Å². The normalized spacial score (nSPS) is 10.8. The van der Waals surface area contributed by atoms with Crippen LogP contribution in [0.25, 0.3) is 0 Å². The van der Waals surface area contributed by atoms with Gasteiger partial charge < -0.3 is 15.1 Å². The van der Waals surface area contributed by atoms with E-state index < -0.39 is 6.16 Å². The molecule has 0 fully saturated rings. The van der Waals surface area contributed by atoms with Crippen LogP contribution in [0.15, 0.2) is 5.34 Å². The van der Waals surface area contributed by atoms with Gasteiger partial charge in [0.2, 0.25) is 0 Å². The van der Waals surface area contributed by atoms with Crippen LogP contribution >= 0.6 is 0 Å². The number of carboxylic acid groups (broad SMARTS) is 2.